The van der Waals surface area contributed by atoms with E-state index in [1.807, 2.05) is 23.0 Å². The Morgan fingerprint density at radius 2 is 1.92 bits per heavy atom. The van der Waals surface area contributed by atoms with Gasteiger partial charge in [0.1, 0.15) is 5.75 Å². The number of hydrogen-bond acceptors (Lipinski definition) is 4. The molecule has 1 saturated heterocycles. The predicted molar refractivity (Wildman–Crippen MR) is 99.1 cm³/mol. The number of benzene rings is 1. The van der Waals surface area contributed by atoms with Crippen LogP contribution in [-0.4, -0.2) is 53.1 Å². The van der Waals surface area contributed by atoms with Crippen LogP contribution in [0.2, 0.25) is 0 Å². The summed E-state index contributed by atoms with van der Waals surface area (Å²) >= 11 is 0. The predicted octanol–water partition coefficient (Wildman–Crippen LogP) is 2.87. The van der Waals surface area contributed by atoms with Gasteiger partial charge in [0.2, 0.25) is 0 Å². The van der Waals surface area contributed by atoms with Crippen LogP contribution in [0.3, 0.4) is 0 Å². The first-order valence-electron chi connectivity index (χ1n) is 9.20. The smallest absolute Gasteiger partial charge is 0.118 e. The molecule has 5 nitrogen and oxygen atoms in total. The third-order valence-electron chi connectivity index (χ3n) is 5.28. The van der Waals surface area contributed by atoms with Crippen LogP contribution in [-0.2, 0) is 6.54 Å². The van der Waals surface area contributed by atoms with Gasteiger partial charge in [-0.3, -0.25) is 4.68 Å². The van der Waals surface area contributed by atoms with Gasteiger partial charge in [0.05, 0.1) is 20.3 Å². The highest BCUT2D eigenvalue weighted by Gasteiger charge is 2.24. The zero-order valence-electron chi connectivity index (χ0n) is 15.3. The third kappa shape index (κ3) is 4.41. The number of aliphatic hydroxyl groups is 1. The van der Waals surface area contributed by atoms with Crippen molar-refractivity contribution in [2.75, 3.05) is 33.4 Å². The van der Waals surface area contributed by atoms with Crippen molar-refractivity contribution in [1.82, 2.24) is 14.7 Å². The van der Waals surface area contributed by atoms with Crippen molar-refractivity contribution in [2.45, 2.75) is 38.1 Å². The summed E-state index contributed by atoms with van der Waals surface area (Å²) in [5.41, 5.74) is 2.64. The van der Waals surface area contributed by atoms with Crippen molar-refractivity contribution >= 4 is 0 Å². The summed E-state index contributed by atoms with van der Waals surface area (Å²) < 4.78 is 7.20. The third-order valence-corrected chi connectivity index (χ3v) is 5.28. The summed E-state index contributed by atoms with van der Waals surface area (Å²) in [4.78, 5) is 2.57. The second kappa shape index (κ2) is 8.50. The number of likely N-dealkylation sites (tertiary alicyclic amines) is 1. The van der Waals surface area contributed by atoms with Crippen LogP contribution < -0.4 is 4.74 Å². The molecule has 1 aromatic heterocycles. The minimum absolute atomic E-state index is 0.146. The first kappa shape index (κ1) is 18.0. The van der Waals surface area contributed by atoms with E-state index >= 15 is 0 Å². The molecule has 1 aliphatic heterocycles. The average molecular weight is 343 g/mol. The molecule has 0 bridgehead atoms. The van der Waals surface area contributed by atoms with E-state index < -0.39 is 0 Å². The van der Waals surface area contributed by atoms with Crippen molar-refractivity contribution in [1.29, 1.82) is 0 Å². The number of nitrogens with zero attached hydrogens (tertiary/aromatic N) is 3. The van der Waals surface area contributed by atoms with E-state index in [4.69, 9.17) is 9.84 Å². The van der Waals surface area contributed by atoms with E-state index in [2.05, 4.69) is 35.1 Å². The second-order valence-corrected chi connectivity index (χ2v) is 6.95. The summed E-state index contributed by atoms with van der Waals surface area (Å²) in [6, 6.07) is 10.5. The number of rotatable bonds is 7. The Bertz CT molecular complexity index is 645. The van der Waals surface area contributed by atoms with Crippen LogP contribution in [0.4, 0.5) is 0 Å². The molecule has 136 valence electrons. The maximum absolute atomic E-state index is 9.17. The Balaban J connectivity index is 1.52. The van der Waals surface area contributed by atoms with Gasteiger partial charge in [0.25, 0.3) is 0 Å². The second-order valence-electron chi connectivity index (χ2n) is 6.95. The minimum Gasteiger partial charge on any atom is -0.497 e. The van der Waals surface area contributed by atoms with Gasteiger partial charge < -0.3 is 14.7 Å². The monoisotopic (exact) mass is 343 g/mol. The Kier molecular flexibility index (Phi) is 6.10. The van der Waals surface area contributed by atoms with E-state index in [0.717, 1.165) is 38.2 Å². The van der Waals surface area contributed by atoms with Gasteiger partial charge >= 0.3 is 0 Å². The van der Waals surface area contributed by atoms with Crippen molar-refractivity contribution in [2.24, 2.45) is 0 Å². The Morgan fingerprint density at radius 1 is 1.20 bits per heavy atom. The molecule has 0 amide bonds. The van der Waals surface area contributed by atoms with Crippen LogP contribution in [0.1, 0.15) is 42.9 Å². The lowest BCUT2D eigenvalue weighted by Gasteiger charge is -2.33. The van der Waals surface area contributed by atoms with Crippen LogP contribution in [0.25, 0.3) is 0 Å². The standard InChI is InChI=1S/C20H29N3O2/c1-16(17-3-5-19(25-2)6-4-17)15-22-11-8-18(9-12-22)20-7-10-21-23(20)13-14-24/h3-7,10,16,18,24H,8-9,11-15H2,1-2H3. The first-order valence-corrected chi connectivity index (χ1v) is 9.20. The van der Waals surface area contributed by atoms with Crippen molar-refractivity contribution in [3.8, 4) is 5.75 Å². The molecule has 3 rings (SSSR count). The summed E-state index contributed by atoms with van der Waals surface area (Å²) in [5.74, 6) is 1.99. The van der Waals surface area contributed by atoms with Gasteiger partial charge in [-0.05, 0) is 55.6 Å². The fourth-order valence-corrected chi connectivity index (χ4v) is 3.81. The molecular weight excluding hydrogens is 314 g/mol. The maximum atomic E-state index is 9.17. The van der Waals surface area contributed by atoms with Crippen LogP contribution >= 0.6 is 0 Å². The molecule has 2 heterocycles. The normalized spacial score (nSPS) is 17.6. The minimum atomic E-state index is 0.146. The lowest BCUT2D eigenvalue weighted by atomic mass is 9.92. The number of methoxy groups -OCH3 is 1. The number of ether oxygens (including phenoxy) is 1. The SMILES string of the molecule is COc1ccc(C(C)CN2CCC(c3ccnn3CCO)CC2)cc1. The zero-order valence-corrected chi connectivity index (χ0v) is 15.3. The molecular formula is C20H29N3O2. The molecule has 0 saturated carbocycles. The number of piperidine rings is 1. The van der Waals surface area contributed by atoms with Gasteiger partial charge in [-0.2, -0.15) is 5.10 Å². The summed E-state index contributed by atoms with van der Waals surface area (Å²) in [7, 11) is 1.70. The fraction of sp³-hybridized carbons (Fsp3) is 0.550. The summed E-state index contributed by atoms with van der Waals surface area (Å²) in [6.07, 6.45) is 4.17. The molecule has 25 heavy (non-hydrogen) atoms. The highest BCUT2D eigenvalue weighted by Crippen LogP contribution is 2.29. The Morgan fingerprint density at radius 3 is 2.56 bits per heavy atom. The highest BCUT2D eigenvalue weighted by atomic mass is 16.5. The molecule has 1 atom stereocenters. The van der Waals surface area contributed by atoms with Gasteiger partial charge in [-0.1, -0.05) is 19.1 Å². The molecule has 2 aromatic rings. The molecule has 0 radical (unpaired) electrons. The molecule has 1 fully saturated rings. The van der Waals surface area contributed by atoms with Gasteiger partial charge in [0.15, 0.2) is 0 Å². The van der Waals surface area contributed by atoms with Crippen molar-refractivity contribution in [3.63, 3.8) is 0 Å². The lowest BCUT2D eigenvalue weighted by Crippen LogP contribution is -2.36. The highest BCUT2D eigenvalue weighted by molar-refractivity contribution is 5.29. The molecule has 1 aliphatic rings. The quantitative estimate of drug-likeness (QED) is 0.840. The van der Waals surface area contributed by atoms with E-state index in [1.54, 1.807) is 7.11 Å². The summed E-state index contributed by atoms with van der Waals surface area (Å²) in [5, 5.41) is 13.5. The van der Waals surface area contributed by atoms with Gasteiger partial charge in [0, 0.05) is 24.4 Å². The Labute approximate surface area is 150 Å². The van der Waals surface area contributed by atoms with Crippen LogP contribution in [0, 0.1) is 0 Å². The van der Waals surface area contributed by atoms with Crippen molar-refractivity contribution < 1.29 is 9.84 Å². The summed E-state index contributed by atoms with van der Waals surface area (Å²) in [6.45, 7) is 6.37. The topological polar surface area (TPSA) is 50.5 Å². The largest absolute Gasteiger partial charge is 0.497 e. The van der Waals surface area contributed by atoms with E-state index in [1.165, 1.54) is 11.3 Å². The Hall–Kier alpha value is -1.85. The molecule has 5 heteroatoms. The fourth-order valence-electron chi connectivity index (χ4n) is 3.81. The molecule has 0 aliphatic carbocycles. The van der Waals surface area contributed by atoms with Gasteiger partial charge in [-0.15, -0.1) is 0 Å². The van der Waals surface area contributed by atoms with E-state index in [9.17, 15) is 0 Å². The lowest BCUT2D eigenvalue weighted by molar-refractivity contribution is 0.198. The van der Waals surface area contributed by atoms with Crippen LogP contribution in [0.5, 0.6) is 5.75 Å². The number of hydrogen-bond donors (Lipinski definition) is 1. The number of aliphatic hydroxyl groups excluding tert-OH is 1. The molecule has 1 aromatic carbocycles. The van der Waals surface area contributed by atoms with Crippen LogP contribution in [0.15, 0.2) is 36.5 Å². The molecule has 1 unspecified atom stereocenters. The molecule has 1 N–H and O–H groups in total. The first-order chi connectivity index (χ1) is 12.2. The number of aromatic nitrogens is 2. The van der Waals surface area contributed by atoms with Gasteiger partial charge in [-0.25, -0.2) is 0 Å². The van der Waals surface area contributed by atoms with E-state index in [-0.39, 0.29) is 6.61 Å². The molecule has 0 spiro atoms. The average Bonchev–Trinajstić information content (AvgIpc) is 3.11. The maximum Gasteiger partial charge on any atom is 0.118 e. The van der Waals surface area contributed by atoms with Crippen molar-refractivity contribution in [3.05, 3.63) is 47.8 Å². The zero-order chi connectivity index (χ0) is 17.6. The van der Waals surface area contributed by atoms with E-state index in [0.29, 0.717) is 18.4 Å².